The Morgan fingerprint density at radius 3 is 2.15 bits per heavy atom. The van der Waals surface area contributed by atoms with E-state index in [9.17, 15) is 9.59 Å². The van der Waals surface area contributed by atoms with Gasteiger partial charge in [-0.05, 0) is 12.8 Å². The van der Waals surface area contributed by atoms with Crippen LogP contribution in [0.2, 0.25) is 13.1 Å². The predicted molar refractivity (Wildman–Crippen MR) is 83.8 cm³/mol. The molecule has 0 aliphatic carbocycles. The number of β-lactam (4-membered cyclic amide) rings is 1. The SMILES string of the molecule is C[SiH2]OC(O[SiH2]C)C(C)(C)C(C)C1C(=O)NC1C(C)=O. The van der Waals surface area contributed by atoms with Gasteiger partial charge in [-0.2, -0.15) is 0 Å². The van der Waals surface area contributed by atoms with Gasteiger partial charge in [0.25, 0.3) is 0 Å². The van der Waals surface area contributed by atoms with Crippen molar-refractivity contribution in [2.75, 3.05) is 0 Å². The fourth-order valence-corrected chi connectivity index (χ4v) is 4.57. The number of carbonyl (C=O) groups is 2. The van der Waals surface area contributed by atoms with E-state index in [0.29, 0.717) is 0 Å². The average Bonchev–Trinajstić information content (AvgIpc) is 2.34. The first-order valence-electron chi connectivity index (χ1n) is 7.31. The Balaban J connectivity index is 2.88. The van der Waals surface area contributed by atoms with Crippen LogP contribution in [-0.2, 0) is 18.4 Å². The van der Waals surface area contributed by atoms with Crippen molar-refractivity contribution in [1.82, 2.24) is 5.32 Å². The average molecular weight is 318 g/mol. The Bertz CT molecular complexity index is 369. The van der Waals surface area contributed by atoms with Crippen molar-refractivity contribution in [3.8, 4) is 0 Å². The van der Waals surface area contributed by atoms with Crippen LogP contribution in [0, 0.1) is 17.3 Å². The fraction of sp³-hybridized carbons (Fsp3) is 0.846. The number of rotatable bonds is 8. The van der Waals surface area contributed by atoms with Crippen molar-refractivity contribution in [2.45, 2.75) is 53.1 Å². The molecule has 0 radical (unpaired) electrons. The summed E-state index contributed by atoms with van der Waals surface area (Å²) in [5.74, 6) is -0.261. The minimum Gasteiger partial charge on any atom is -0.400 e. The van der Waals surface area contributed by atoms with Crippen LogP contribution in [-0.4, -0.2) is 43.5 Å². The molecule has 1 rings (SSSR count). The Labute approximate surface area is 126 Å². The van der Waals surface area contributed by atoms with Gasteiger partial charge in [-0.3, -0.25) is 9.59 Å². The maximum Gasteiger partial charge on any atom is 0.226 e. The van der Waals surface area contributed by atoms with Crippen LogP contribution in [0.15, 0.2) is 0 Å². The first kappa shape index (κ1) is 17.5. The van der Waals surface area contributed by atoms with Crippen molar-refractivity contribution in [3.05, 3.63) is 0 Å². The third-order valence-electron chi connectivity index (χ3n) is 4.35. The van der Waals surface area contributed by atoms with E-state index in [1.54, 1.807) is 0 Å². The highest BCUT2D eigenvalue weighted by atomic mass is 28.2. The Morgan fingerprint density at radius 1 is 1.30 bits per heavy atom. The van der Waals surface area contributed by atoms with Crippen LogP contribution in [0.3, 0.4) is 0 Å². The highest BCUT2D eigenvalue weighted by molar-refractivity contribution is 6.26. The van der Waals surface area contributed by atoms with Crippen molar-refractivity contribution in [2.24, 2.45) is 17.3 Å². The molecular weight excluding hydrogens is 290 g/mol. The predicted octanol–water partition coefficient (Wildman–Crippen LogP) is -0.0246. The van der Waals surface area contributed by atoms with Crippen LogP contribution < -0.4 is 5.32 Å². The summed E-state index contributed by atoms with van der Waals surface area (Å²) in [6.45, 7) is 11.8. The van der Waals surface area contributed by atoms with Gasteiger partial charge >= 0.3 is 0 Å². The summed E-state index contributed by atoms with van der Waals surface area (Å²) in [6.07, 6.45) is -0.258. The van der Waals surface area contributed by atoms with Gasteiger partial charge in [0.15, 0.2) is 25.3 Å². The Kier molecular flexibility index (Phi) is 6.12. The van der Waals surface area contributed by atoms with Crippen LogP contribution in [0.25, 0.3) is 0 Å². The second kappa shape index (κ2) is 6.97. The number of amides is 1. The zero-order valence-corrected chi connectivity index (χ0v) is 16.2. The Morgan fingerprint density at radius 2 is 1.80 bits per heavy atom. The van der Waals surface area contributed by atoms with Gasteiger partial charge in [0.1, 0.15) is 6.29 Å². The maximum absolute atomic E-state index is 11.8. The molecule has 0 spiro atoms. The topological polar surface area (TPSA) is 64.6 Å². The zero-order valence-electron chi connectivity index (χ0n) is 13.4. The van der Waals surface area contributed by atoms with Gasteiger partial charge in [-0.15, -0.1) is 0 Å². The molecule has 3 unspecified atom stereocenters. The van der Waals surface area contributed by atoms with E-state index in [0.717, 1.165) is 0 Å². The molecule has 0 aromatic heterocycles. The summed E-state index contributed by atoms with van der Waals surface area (Å²) >= 11 is 0. The maximum atomic E-state index is 11.8. The highest BCUT2D eigenvalue weighted by Crippen LogP contribution is 2.41. The van der Waals surface area contributed by atoms with Gasteiger partial charge in [-0.1, -0.05) is 33.9 Å². The molecule has 0 aromatic carbocycles. The van der Waals surface area contributed by atoms with E-state index in [2.05, 4.69) is 32.3 Å². The summed E-state index contributed by atoms with van der Waals surface area (Å²) in [5.41, 5.74) is -0.290. The quantitative estimate of drug-likeness (QED) is 0.388. The summed E-state index contributed by atoms with van der Waals surface area (Å²) in [4.78, 5) is 23.4. The van der Waals surface area contributed by atoms with Gasteiger partial charge in [0.2, 0.25) is 5.91 Å². The fourth-order valence-electron chi connectivity index (χ4n) is 2.72. The van der Waals surface area contributed by atoms with Gasteiger partial charge in [0.05, 0.1) is 12.0 Å². The molecule has 116 valence electrons. The van der Waals surface area contributed by atoms with E-state index >= 15 is 0 Å². The zero-order chi connectivity index (χ0) is 15.5. The number of Topliss-reactive ketones (excluding diaryl/α,β-unsaturated/α-hetero) is 1. The summed E-state index contributed by atoms with van der Waals surface area (Å²) < 4.78 is 11.7. The molecule has 0 saturated carbocycles. The number of nitrogens with one attached hydrogen (secondary N) is 1. The van der Waals surface area contributed by atoms with Crippen molar-refractivity contribution < 1.29 is 18.4 Å². The first-order chi connectivity index (χ1) is 9.27. The van der Waals surface area contributed by atoms with E-state index in [-0.39, 0.29) is 41.3 Å². The molecule has 20 heavy (non-hydrogen) atoms. The van der Waals surface area contributed by atoms with Gasteiger partial charge in [-0.25, -0.2) is 0 Å². The van der Waals surface area contributed by atoms with Crippen LogP contribution >= 0.6 is 0 Å². The van der Waals surface area contributed by atoms with E-state index in [1.165, 1.54) is 6.92 Å². The van der Waals surface area contributed by atoms with E-state index in [4.69, 9.17) is 8.85 Å². The molecule has 1 aliphatic heterocycles. The minimum absolute atomic E-state index is 0.0189. The molecule has 5 nitrogen and oxygen atoms in total. The van der Waals surface area contributed by atoms with E-state index < -0.39 is 19.5 Å². The van der Waals surface area contributed by atoms with Crippen molar-refractivity contribution >= 4 is 31.2 Å². The van der Waals surface area contributed by atoms with Gasteiger partial charge in [0, 0.05) is 5.41 Å². The largest absolute Gasteiger partial charge is 0.400 e. The lowest BCUT2D eigenvalue weighted by molar-refractivity contribution is -0.156. The smallest absolute Gasteiger partial charge is 0.226 e. The lowest BCUT2D eigenvalue weighted by atomic mass is 9.66. The first-order valence-corrected chi connectivity index (χ1v) is 11.3. The second-order valence-corrected chi connectivity index (χ2v) is 7.80. The summed E-state index contributed by atoms with van der Waals surface area (Å²) in [7, 11) is -1.18. The molecular formula is C13H27NO4Si2. The summed E-state index contributed by atoms with van der Waals surface area (Å²) in [5, 5.41) is 2.70. The monoisotopic (exact) mass is 317 g/mol. The Hall–Kier alpha value is -0.506. The van der Waals surface area contributed by atoms with Crippen molar-refractivity contribution in [1.29, 1.82) is 0 Å². The molecule has 1 fully saturated rings. The highest BCUT2D eigenvalue weighted by Gasteiger charge is 2.51. The molecule has 3 atom stereocenters. The standard InChI is InChI=1S/C13H27NO4Si2/c1-7(9-10(8(2)15)14-11(9)16)13(3,4)12(17-19-5)18-20-6/h7,9-10,12H,19-20H2,1-6H3,(H,14,16). The van der Waals surface area contributed by atoms with Crippen LogP contribution in [0.5, 0.6) is 0 Å². The van der Waals surface area contributed by atoms with Crippen LogP contribution in [0.4, 0.5) is 0 Å². The molecule has 0 aromatic rings. The lowest BCUT2D eigenvalue weighted by Gasteiger charge is -2.47. The molecule has 0 bridgehead atoms. The van der Waals surface area contributed by atoms with Gasteiger partial charge < -0.3 is 14.2 Å². The molecule has 1 heterocycles. The van der Waals surface area contributed by atoms with Crippen LogP contribution in [0.1, 0.15) is 27.7 Å². The number of ketones is 1. The minimum atomic E-state index is -0.590. The molecule has 1 aliphatic rings. The third kappa shape index (κ3) is 3.39. The number of hydrogen-bond donors (Lipinski definition) is 1. The molecule has 1 amide bonds. The normalized spacial score (nSPS) is 26.8. The van der Waals surface area contributed by atoms with E-state index in [1.807, 2.05) is 6.92 Å². The molecule has 1 N–H and O–H groups in total. The second-order valence-electron chi connectivity index (χ2n) is 5.98. The third-order valence-corrected chi connectivity index (χ3v) is 5.63. The number of carbonyl (C=O) groups excluding carboxylic acids is 2. The van der Waals surface area contributed by atoms with Crippen molar-refractivity contribution in [3.63, 3.8) is 0 Å². The lowest BCUT2D eigenvalue weighted by Crippen LogP contribution is -2.65. The number of hydrogen-bond acceptors (Lipinski definition) is 4. The molecule has 7 heteroatoms. The summed E-state index contributed by atoms with van der Waals surface area (Å²) in [6, 6.07) is -0.352. The molecule has 1 saturated heterocycles.